The highest BCUT2D eigenvalue weighted by atomic mass is 19.1. The molecule has 4 atom stereocenters. The molecule has 4 aliphatic heterocycles. The number of benzene rings is 3. The predicted molar refractivity (Wildman–Crippen MR) is 171 cm³/mol. The summed E-state index contributed by atoms with van der Waals surface area (Å²) in [6.45, 7) is 3.20. The third kappa shape index (κ3) is 4.58. The van der Waals surface area contributed by atoms with Gasteiger partial charge in [0.15, 0.2) is 5.82 Å². The summed E-state index contributed by atoms with van der Waals surface area (Å²) in [7, 11) is 1.72. The number of piperazine rings is 1. The van der Waals surface area contributed by atoms with Crippen molar-refractivity contribution in [3.63, 3.8) is 0 Å². The number of methoxy groups -OCH3 is 1. The van der Waals surface area contributed by atoms with E-state index in [1.165, 1.54) is 24.3 Å². The lowest BCUT2D eigenvalue weighted by molar-refractivity contribution is 0.0997. The van der Waals surface area contributed by atoms with Gasteiger partial charge in [-0.25, -0.2) is 13.2 Å². The Bertz CT molecular complexity index is 1960. The number of halogens is 3. The number of nitrogen functional groups attached to an aromatic ring is 1. The van der Waals surface area contributed by atoms with Gasteiger partial charge < -0.3 is 25.4 Å². The summed E-state index contributed by atoms with van der Waals surface area (Å²) < 4.78 is 60.1. The van der Waals surface area contributed by atoms with E-state index in [4.69, 9.17) is 26.6 Å². The Balaban J connectivity index is 1.29. The molecule has 4 aliphatic rings. The van der Waals surface area contributed by atoms with Gasteiger partial charge in [-0.05, 0) is 61.0 Å². The molecule has 4 unspecified atom stereocenters. The maximum atomic E-state index is 16.9. The van der Waals surface area contributed by atoms with Gasteiger partial charge in [0.25, 0.3) is 0 Å². The molecule has 3 N–H and O–H groups in total. The zero-order valence-corrected chi connectivity index (χ0v) is 25.3. The Kier molecular flexibility index (Phi) is 6.86. The highest BCUT2D eigenvalue weighted by Crippen LogP contribution is 2.43. The Hall–Kier alpha value is -4.37. The van der Waals surface area contributed by atoms with Crippen molar-refractivity contribution in [2.24, 2.45) is 0 Å². The van der Waals surface area contributed by atoms with E-state index in [9.17, 15) is 4.39 Å². The van der Waals surface area contributed by atoms with Crippen LogP contribution in [-0.4, -0.2) is 78.5 Å². The molecular formula is C35H33F3N6O2. The van der Waals surface area contributed by atoms with E-state index in [0.717, 1.165) is 32.4 Å². The smallest absolute Gasteiger partial charge is 0.319 e. The van der Waals surface area contributed by atoms with E-state index in [1.54, 1.807) is 13.2 Å². The van der Waals surface area contributed by atoms with Gasteiger partial charge in [0.05, 0.1) is 22.8 Å². The molecule has 5 heterocycles. The minimum absolute atomic E-state index is 0.00711. The molecule has 3 aromatic carbocycles. The van der Waals surface area contributed by atoms with Crippen LogP contribution in [0.25, 0.3) is 32.8 Å². The highest BCUT2D eigenvalue weighted by molar-refractivity contribution is 6.05. The number of hydrogen-bond donors (Lipinski definition) is 2. The zero-order valence-electron chi connectivity index (χ0n) is 25.3. The monoisotopic (exact) mass is 626 g/mol. The number of rotatable bonds is 6. The summed E-state index contributed by atoms with van der Waals surface area (Å²) in [5.41, 5.74) is 5.64. The second-order valence-corrected chi connectivity index (χ2v) is 12.8. The third-order valence-electron chi connectivity index (χ3n) is 10.1. The quantitative estimate of drug-likeness (QED) is 0.180. The van der Waals surface area contributed by atoms with Crippen molar-refractivity contribution in [1.82, 2.24) is 20.2 Å². The Morgan fingerprint density at radius 1 is 1.09 bits per heavy atom. The molecule has 8 nitrogen and oxygen atoms in total. The molecule has 3 saturated heterocycles. The van der Waals surface area contributed by atoms with Crippen LogP contribution in [0.4, 0.5) is 24.7 Å². The van der Waals surface area contributed by atoms with Gasteiger partial charge in [0.2, 0.25) is 0 Å². The lowest BCUT2D eigenvalue weighted by Crippen LogP contribution is -2.52. The van der Waals surface area contributed by atoms with Crippen LogP contribution < -0.4 is 20.7 Å². The van der Waals surface area contributed by atoms with Gasteiger partial charge in [-0.2, -0.15) is 9.97 Å². The van der Waals surface area contributed by atoms with E-state index in [2.05, 4.69) is 33.3 Å². The van der Waals surface area contributed by atoms with Gasteiger partial charge in [-0.3, -0.25) is 4.90 Å². The molecular weight excluding hydrogens is 593 g/mol. The largest absolute Gasteiger partial charge is 0.461 e. The first-order valence-electron chi connectivity index (χ1n) is 15.6. The average molecular weight is 627 g/mol. The number of aromatic nitrogens is 2. The van der Waals surface area contributed by atoms with Crippen LogP contribution in [0, 0.1) is 29.8 Å². The van der Waals surface area contributed by atoms with E-state index in [0.29, 0.717) is 30.9 Å². The van der Waals surface area contributed by atoms with Crippen LogP contribution in [0.1, 0.15) is 24.8 Å². The molecule has 46 heavy (non-hydrogen) atoms. The molecule has 8 rings (SSSR count). The van der Waals surface area contributed by atoms with Crippen molar-refractivity contribution in [3.05, 3.63) is 65.5 Å². The van der Waals surface area contributed by atoms with Gasteiger partial charge >= 0.3 is 6.01 Å². The van der Waals surface area contributed by atoms with Gasteiger partial charge in [-0.1, -0.05) is 24.1 Å². The lowest BCUT2D eigenvalue weighted by Gasteiger charge is -2.35. The number of hydrogen-bond acceptors (Lipinski definition) is 8. The average Bonchev–Trinajstić information content (AvgIpc) is 3.71. The summed E-state index contributed by atoms with van der Waals surface area (Å²) in [5.74, 6) is 0.269. The highest BCUT2D eigenvalue weighted by Gasteiger charge is 2.49. The zero-order chi connectivity index (χ0) is 31.7. The number of nitrogens with one attached hydrogen (secondary N) is 1. The van der Waals surface area contributed by atoms with Crippen molar-refractivity contribution in [3.8, 4) is 29.5 Å². The number of terminal acetylenes is 1. The number of fused-ring (bicyclic) bond motifs is 5. The van der Waals surface area contributed by atoms with Crippen molar-refractivity contribution < 1.29 is 22.6 Å². The number of nitrogens with zero attached hydrogens (tertiary/aromatic N) is 4. The van der Waals surface area contributed by atoms with Crippen LogP contribution in [0.2, 0.25) is 0 Å². The molecule has 3 fully saturated rings. The molecule has 4 aromatic rings. The summed E-state index contributed by atoms with van der Waals surface area (Å²) in [6, 6.07) is 7.12. The van der Waals surface area contributed by atoms with Gasteiger partial charge in [-0.15, -0.1) is 6.42 Å². The first-order valence-corrected chi connectivity index (χ1v) is 15.6. The number of nitrogens with two attached hydrogens (primary N) is 1. The molecule has 0 radical (unpaired) electrons. The summed E-state index contributed by atoms with van der Waals surface area (Å²) >= 11 is 0. The van der Waals surface area contributed by atoms with Crippen molar-refractivity contribution in [1.29, 1.82) is 0 Å². The van der Waals surface area contributed by atoms with Gasteiger partial charge in [0, 0.05) is 55.3 Å². The van der Waals surface area contributed by atoms with Crippen molar-refractivity contribution in [2.75, 3.05) is 50.5 Å². The SMILES string of the molecule is C#Cc1c(F)ccc2cc(N)cc(-c3c(F)cc4c(N5CC6C=CC(C5)N6)nc(OCC56CCCN5CC(OC)C6)nc4c3F)c12. The number of ether oxygens (including phenoxy) is 2. The fourth-order valence-electron chi connectivity index (χ4n) is 7.94. The fraction of sp³-hybridized carbons (Fsp3) is 0.371. The standard InChI is InChI=1S/C35H33F3N6O2/c1-3-24-27(36)8-5-19-11-20(39)12-25(29(19)24)30-28(37)13-26-32(31(30)38)41-34(42-33(26)43-15-21-6-7-22(16-43)40-21)46-18-35-9-4-10-44(35)17-23(14-35)45-2/h1,5-8,11-13,21-23,40H,4,9-10,14-18,39H2,2H3. The maximum Gasteiger partial charge on any atom is 0.319 e. The molecule has 0 amide bonds. The molecule has 1 aromatic heterocycles. The molecule has 236 valence electrons. The van der Waals surface area contributed by atoms with Gasteiger partial charge in [0.1, 0.15) is 29.6 Å². The van der Waals surface area contributed by atoms with Crippen LogP contribution >= 0.6 is 0 Å². The summed E-state index contributed by atoms with van der Waals surface area (Å²) in [6.07, 6.45) is 12.8. The minimum atomic E-state index is -0.931. The van der Waals surface area contributed by atoms with E-state index in [1.807, 2.05) is 4.90 Å². The topological polar surface area (TPSA) is 88.8 Å². The Labute approximate surface area is 264 Å². The van der Waals surface area contributed by atoms with Crippen molar-refractivity contribution >= 4 is 33.2 Å². The Morgan fingerprint density at radius 3 is 2.65 bits per heavy atom. The van der Waals surface area contributed by atoms with E-state index < -0.39 is 23.0 Å². The van der Waals surface area contributed by atoms with E-state index in [-0.39, 0.29) is 62.8 Å². The predicted octanol–water partition coefficient (Wildman–Crippen LogP) is 4.78. The number of anilines is 2. The van der Waals surface area contributed by atoms with Crippen molar-refractivity contribution in [2.45, 2.75) is 43.0 Å². The fourth-order valence-corrected chi connectivity index (χ4v) is 7.94. The molecule has 11 heteroatoms. The maximum absolute atomic E-state index is 16.9. The second-order valence-electron chi connectivity index (χ2n) is 12.8. The Morgan fingerprint density at radius 2 is 1.89 bits per heavy atom. The van der Waals surface area contributed by atoms with Crippen LogP contribution in [0.5, 0.6) is 6.01 Å². The summed E-state index contributed by atoms with van der Waals surface area (Å²) in [4.78, 5) is 13.7. The van der Waals surface area contributed by atoms with Crippen LogP contribution in [-0.2, 0) is 4.74 Å². The second kappa shape index (κ2) is 10.9. The molecule has 0 aliphatic carbocycles. The third-order valence-corrected chi connectivity index (χ3v) is 10.1. The lowest BCUT2D eigenvalue weighted by atomic mass is 9.92. The molecule has 2 bridgehead atoms. The van der Waals surface area contributed by atoms with Crippen LogP contribution in [0.3, 0.4) is 0 Å². The molecule has 0 spiro atoms. The first-order chi connectivity index (χ1) is 22.3. The molecule has 0 saturated carbocycles. The van der Waals surface area contributed by atoms with Crippen LogP contribution in [0.15, 0.2) is 42.5 Å². The normalized spacial score (nSPS) is 25.5. The van der Waals surface area contributed by atoms with E-state index >= 15 is 8.78 Å². The summed E-state index contributed by atoms with van der Waals surface area (Å²) in [5, 5.41) is 4.36. The first kappa shape index (κ1) is 29.1. The minimum Gasteiger partial charge on any atom is -0.461 e.